The van der Waals surface area contributed by atoms with Gasteiger partial charge in [0.2, 0.25) is 10.0 Å². The van der Waals surface area contributed by atoms with E-state index in [-0.39, 0.29) is 28.5 Å². The average Bonchev–Trinajstić information content (AvgIpc) is 3.42. The Labute approximate surface area is 180 Å². The van der Waals surface area contributed by atoms with Crippen LogP contribution in [0.15, 0.2) is 58.0 Å². The van der Waals surface area contributed by atoms with Gasteiger partial charge in [-0.2, -0.15) is 18.3 Å². The first-order chi connectivity index (χ1) is 15.1. The van der Waals surface area contributed by atoms with Gasteiger partial charge in [0.05, 0.1) is 17.2 Å². The van der Waals surface area contributed by atoms with E-state index in [9.17, 15) is 26.4 Å². The van der Waals surface area contributed by atoms with Crippen LogP contribution in [0.5, 0.6) is 0 Å². The lowest BCUT2D eigenvalue weighted by Gasteiger charge is -2.32. The van der Waals surface area contributed by atoms with E-state index in [1.807, 2.05) is 0 Å². The number of halogens is 3. The minimum Gasteiger partial charge on any atom is -0.467 e. The average molecular weight is 469 g/mol. The number of nitrogens with one attached hydrogen (secondary N) is 3. The van der Waals surface area contributed by atoms with Gasteiger partial charge in [-0.3, -0.25) is 4.79 Å². The van der Waals surface area contributed by atoms with Crippen LogP contribution in [0, 0.1) is 0 Å². The Balaban J connectivity index is 1.58. The number of nitrogens with zero attached hydrogens (tertiary/aromatic N) is 2. The molecule has 4 rings (SSSR count). The Morgan fingerprint density at radius 3 is 2.56 bits per heavy atom. The van der Waals surface area contributed by atoms with Gasteiger partial charge in [0.1, 0.15) is 11.6 Å². The number of hydrogen-bond donors (Lipinski definition) is 3. The molecule has 0 fully saturated rings. The van der Waals surface area contributed by atoms with Crippen molar-refractivity contribution in [3.05, 3.63) is 60.2 Å². The molecule has 13 heteroatoms. The number of carbonyl (C=O) groups excluding carboxylic acids is 1. The van der Waals surface area contributed by atoms with Crippen molar-refractivity contribution in [1.82, 2.24) is 14.5 Å². The molecule has 2 aromatic heterocycles. The molecule has 9 nitrogen and oxygen atoms in total. The fourth-order valence-electron chi connectivity index (χ4n) is 3.39. The molecule has 32 heavy (non-hydrogen) atoms. The van der Waals surface area contributed by atoms with Crippen molar-refractivity contribution in [1.29, 1.82) is 0 Å². The predicted octanol–water partition coefficient (Wildman–Crippen LogP) is 3.30. The molecule has 2 atom stereocenters. The molecule has 3 aromatic rings. The zero-order chi connectivity index (χ0) is 23.1. The highest BCUT2D eigenvalue weighted by Crippen LogP contribution is 2.43. The van der Waals surface area contributed by atoms with Crippen LogP contribution < -0.4 is 15.4 Å². The normalized spacial score (nSPS) is 18.6. The number of benzene rings is 1. The molecule has 1 amide bonds. The lowest BCUT2D eigenvalue weighted by Crippen LogP contribution is -2.35. The number of anilines is 2. The zero-order valence-corrected chi connectivity index (χ0v) is 17.4. The van der Waals surface area contributed by atoms with E-state index in [4.69, 9.17) is 4.42 Å². The van der Waals surface area contributed by atoms with E-state index in [0.717, 1.165) is 4.68 Å². The first-order valence-electron chi connectivity index (χ1n) is 9.39. The summed E-state index contributed by atoms with van der Waals surface area (Å²) in [6.07, 6.45) is -3.57. The maximum Gasteiger partial charge on any atom is 0.410 e. The van der Waals surface area contributed by atoms with Gasteiger partial charge < -0.3 is 15.1 Å². The molecule has 0 radical (unpaired) electrons. The first-order valence-corrected chi connectivity index (χ1v) is 10.9. The third kappa shape index (κ3) is 4.21. The number of aromatic nitrogens is 2. The molecule has 0 aliphatic carbocycles. The summed E-state index contributed by atoms with van der Waals surface area (Å²) in [5.41, 5.74) is 0.0265. The second-order valence-corrected chi connectivity index (χ2v) is 8.94. The van der Waals surface area contributed by atoms with E-state index in [2.05, 4.69) is 20.5 Å². The van der Waals surface area contributed by atoms with Crippen LogP contribution in [0.1, 0.15) is 34.8 Å². The molecular weight excluding hydrogens is 451 g/mol. The zero-order valence-electron chi connectivity index (χ0n) is 16.6. The van der Waals surface area contributed by atoms with Crippen molar-refractivity contribution in [2.24, 2.45) is 0 Å². The molecule has 0 saturated heterocycles. The van der Waals surface area contributed by atoms with Crippen molar-refractivity contribution in [2.75, 3.05) is 17.7 Å². The van der Waals surface area contributed by atoms with Crippen LogP contribution in [0.25, 0.3) is 0 Å². The number of carbonyl (C=O) groups is 1. The Bertz CT molecular complexity index is 1220. The van der Waals surface area contributed by atoms with Gasteiger partial charge in [0.25, 0.3) is 5.91 Å². The molecule has 3 heterocycles. The monoisotopic (exact) mass is 469 g/mol. The summed E-state index contributed by atoms with van der Waals surface area (Å²) in [5.74, 6) is -0.372. The van der Waals surface area contributed by atoms with Crippen LogP contribution >= 0.6 is 0 Å². The summed E-state index contributed by atoms with van der Waals surface area (Å²) in [5, 5.41) is 9.29. The molecule has 0 saturated carbocycles. The quantitative estimate of drug-likeness (QED) is 0.528. The fraction of sp³-hybridized carbons (Fsp3) is 0.263. The van der Waals surface area contributed by atoms with Crippen LogP contribution in [-0.4, -0.2) is 37.3 Å². The van der Waals surface area contributed by atoms with Crippen LogP contribution in [-0.2, 0) is 10.0 Å². The lowest BCUT2D eigenvalue weighted by atomic mass is 10.0. The summed E-state index contributed by atoms with van der Waals surface area (Å²) in [6, 6.07) is 7.00. The highest BCUT2D eigenvalue weighted by Gasteiger charge is 2.47. The van der Waals surface area contributed by atoms with Gasteiger partial charge in [0, 0.05) is 18.2 Å². The van der Waals surface area contributed by atoms with E-state index in [1.165, 1.54) is 43.6 Å². The number of fused-ring (bicyclic) bond motifs is 1. The number of sulfonamides is 1. The number of furan rings is 1. The predicted molar refractivity (Wildman–Crippen MR) is 108 cm³/mol. The van der Waals surface area contributed by atoms with Crippen LogP contribution in [0.2, 0.25) is 0 Å². The van der Waals surface area contributed by atoms with Gasteiger partial charge in [-0.05, 0) is 43.4 Å². The summed E-state index contributed by atoms with van der Waals surface area (Å²) < 4.78 is 72.7. The van der Waals surface area contributed by atoms with Gasteiger partial charge >= 0.3 is 6.18 Å². The van der Waals surface area contributed by atoms with E-state index < -0.39 is 34.2 Å². The molecule has 1 aromatic carbocycles. The van der Waals surface area contributed by atoms with Crippen molar-refractivity contribution < 1.29 is 30.8 Å². The molecule has 0 bridgehead atoms. The van der Waals surface area contributed by atoms with Crippen molar-refractivity contribution >= 4 is 27.4 Å². The van der Waals surface area contributed by atoms with Crippen LogP contribution in [0.4, 0.5) is 24.7 Å². The van der Waals surface area contributed by atoms with Crippen molar-refractivity contribution in [3.8, 4) is 0 Å². The van der Waals surface area contributed by atoms with Crippen LogP contribution in [0.3, 0.4) is 0 Å². The molecule has 170 valence electrons. The fourth-order valence-corrected chi connectivity index (χ4v) is 4.12. The van der Waals surface area contributed by atoms with Crippen molar-refractivity contribution in [3.63, 3.8) is 0 Å². The van der Waals surface area contributed by atoms with E-state index in [0.29, 0.717) is 5.76 Å². The molecule has 0 spiro atoms. The summed E-state index contributed by atoms with van der Waals surface area (Å²) in [6.45, 7) is 0. The van der Waals surface area contributed by atoms with Gasteiger partial charge in [0.15, 0.2) is 11.7 Å². The maximum absolute atomic E-state index is 13.7. The Hall–Kier alpha value is -3.32. The van der Waals surface area contributed by atoms with Gasteiger partial charge in [-0.15, -0.1) is 0 Å². The second-order valence-electron chi connectivity index (χ2n) is 7.05. The molecule has 1 aliphatic heterocycles. The lowest BCUT2D eigenvalue weighted by molar-refractivity contribution is -0.174. The minimum atomic E-state index is -4.59. The highest BCUT2D eigenvalue weighted by molar-refractivity contribution is 7.89. The summed E-state index contributed by atoms with van der Waals surface area (Å²) in [7, 11) is -2.37. The maximum atomic E-state index is 13.7. The summed E-state index contributed by atoms with van der Waals surface area (Å²) >= 11 is 0. The third-order valence-electron chi connectivity index (χ3n) is 5.00. The molecule has 1 aliphatic rings. The number of alkyl halides is 3. The smallest absolute Gasteiger partial charge is 0.410 e. The SMILES string of the molecule is CNS(=O)(=O)c1ccc(NC(=O)c2cc3n(n2)[C@@H](C(F)(F)F)C[C@@H](c2ccco2)N3)cc1. The molecule has 3 N–H and O–H groups in total. The molecular formula is C19H18F3N5O4S. The number of amides is 1. The summed E-state index contributed by atoms with van der Waals surface area (Å²) in [4.78, 5) is 12.6. The van der Waals surface area contributed by atoms with Gasteiger partial charge in [-0.1, -0.05) is 0 Å². The third-order valence-corrected chi connectivity index (χ3v) is 6.43. The Kier molecular flexibility index (Phi) is 5.46. The molecule has 0 unspecified atom stereocenters. The topological polar surface area (TPSA) is 118 Å². The Morgan fingerprint density at radius 2 is 1.97 bits per heavy atom. The van der Waals surface area contributed by atoms with Gasteiger partial charge in [-0.25, -0.2) is 17.8 Å². The highest BCUT2D eigenvalue weighted by atomic mass is 32.2. The van der Waals surface area contributed by atoms with E-state index >= 15 is 0 Å². The number of rotatable bonds is 5. The first kappa shape index (κ1) is 21.9. The van der Waals surface area contributed by atoms with E-state index in [1.54, 1.807) is 12.1 Å². The van der Waals surface area contributed by atoms with Crippen molar-refractivity contribution in [2.45, 2.75) is 29.6 Å². The Morgan fingerprint density at radius 1 is 1.25 bits per heavy atom. The largest absolute Gasteiger partial charge is 0.467 e. The minimum absolute atomic E-state index is 0.00311. The standard InChI is InChI=1S/C19H18F3N5O4S/c1-23-32(29,30)12-6-4-11(5-7-12)24-18(28)14-10-17-25-13(15-3-2-8-31-15)9-16(19(20,21)22)27(17)26-14/h2-8,10,13,16,23,25H,9H2,1H3,(H,24,28)/t13-,16+/m0/s1. The number of hydrogen-bond acceptors (Lipinski definition) is 6. The second kappa shape index (κ2) is 7.98.